The predicted octanol–water partition coefficient (Wildman–Crippen LogP) is 7.51. The third-order valence-corrected chi connectivity index (χ3v) is 15.8. The Morgan fingerprint density at radius 3 is 2.43 bits per heavy atom. The number of piperidine rings is 1. The number of benzene rings is 1. The highest BCUT2D eigenvalue weighted by Crippen LogP contribution is 2.43. The molecule has 16 nitrogen and oxygen atoms in total. The van der Waals surface area contributed by atoms with Crippen LogP contribution in [0.25, 0.3) is 11.1 Å². The minimum absolute atomic E-state index is 0.121. The number of aliphatic hydroxyl groups excluding tert-OH is 1. The number of carbonyl (C=O) groups is 3. The number of hydrogen-bond donors (Lipinski definition) is 2. The molecule has 396 valence electrons. The Kier molecular flexibility index (Phi) is 19.6. The van der Waals surface area contributed by atoms with Crippen molar-refractivity contribution in [1.82, 2.24) is 30.2 Å². The maximum Gasteiger partial charge on any atom is 0.316 e. The summed E-state index contributed by atoms with van der Waals surface area (Å²) in [7, 11) is 5.03. The molecule has 3 aliphatic heterocycles. The van der Waals surface area contributed by atoms with Gasteiger partial charge < -0.3 is 34.2 Å². The number of hydrogen-bond acceptors (Lipinski definition) is 15. The zero-order valence-electron chi connectivity index (χ0n) is 44.4. The van der Waals surface area contributed by atoms with E-state index >= 15 is 0 Å². The van der Waals surface area contributed by atoms with Gasteiger partial charge in [-0.25, -0.2) is 9.07 Å². The van der Waals surface area contributed by atoms with Gasteiger partial charge in [-0.05, 0) is 101 Å². The SMILES string of the molecule is C=C1/C(=N/O[C@@H]2CCCNC2)[C@H](C)C[C@@](C)(OC)[C@H](CC2O[C@H](C)C[C@H](N(C)CCc3cn([C@H](CF)C(OC)c4ccc(-c5cccnc5)cc4)nn3)C2=O)[C@@H](C)C(=O)[C@@H](C)C(=O)O[C@H](CC)C(C)(C)C1O. The molecule has 17 heteroatoms. The Morgan fingerprint density at radius 2 is 1.81 bits per heavy atom. The lowest BCUT2D eigenvalue weighted by Crippen LogP contribution is -2.55. The van der Waals surface area contributed by atoms with Gasteiger partial charge in [0.15, 0.2) is 5.78 Å². The Hall–Kier alpha value is -4.78. The number of alkyl halides is 1. The van der Waals surface area contributed by atoms with Crippen LogP contribution in [0.2, 0.25) is 0 Å². The monoisotopic (exact) mass is 1000 g/mol. The summed E-state index contributed by atoms with van der Waals surface area (Å²) in [5.74, 6) is -4.16. The molecular formula is C55H80FN7O9. The molecular weight excluding hydrogens is 922 g/mol. The fraction of sp³-hybridized carbons (Fsp3) is 0.655. The number of Topliss-reactive ketones (excluding diaryl/α,β-unsaturated/α-hetero) is 2. The molecule has 2 N–H and O–H groups in total. The quantitative estimate of drug-likeness (QED) is 0.0815. The van der Waals surface area contributed by atoms with E-state index in [2.05, 4.69) is 27.2 Å². The standard InChI is InChI=1S/C55H80FN7O9/c1-13-47-54(7,8)52(66)36(5)48(60-72-42-17-15-24-58-31-42)33(2)28-55(9,69-12)43(35(4)49(64)37(6)53(67)71-47)27-46-50(65)44(26-34(3)70-46)62(10)25-22-41-32-63(61-59-41)45(29-56)51(68-11)39-20-18-38(19-21-39)40-16-14-23-57-30-40/h14,16,18-21,23,30,32-35,37,42-47,51-52,58,66H,5,13,15,17,22,24-29,31H2,1-4,6-12H3/b60-48+/t33-,34-,35-,37-,42-,43-,44+,45-,46?,47-,51?,52?,55-/m1/s1. The van der Waals surface area contributed by atoms with Gasteiger partial charge in [0.25, 0.3) is 0 Å². The van der Waals surface area contributed by atoms with Crippen LogP contribution in [-0.2, 0) is 44.6 Å². The van der Waals surface area contributed by atoms with Gasteiger partial charge in [-0.1, -0.05) is 81.9 Å². The van der Waals surface area contributed by atoms with Crippen LogP contribution < -0.4 is 5.32 Å². The number of nitrogens with one attached hydrogen (secondary N) is 1. The van der Waals surface area contributed by atoms with E-state index < -0.39 is 83.8 Å². The number of aliphatic hydroxyl groups is 1. The average molecular weight is 1000 g/mol. The number of cyclic esters (lactones) is 1. The van der Waals surface area contributed by atoms with Gasteiger partial charge in [-0.3, -0.25) is 24.3 Å². The molecule has 0 amide bonds. The van der Waals surface area contributed by atoms with Crippen molar-refractivity contribution in [3.05, 3.63) is 78.4 Å². The predicted molar refractivity (Wildman–Crippen MR) is 273 cm³/mol. The Balaban J connectivity index is 1.22. The number of nitrogens with zero attached hydrogens (tertiary/aromatic N) is 6. The lowest BCUT2D eigenvalue weighted by molar-refractivity contribution is -0.169. The molecule has 3 fully saturated rings. The highest BCUT2D eigenvalue weighted by atomic mass is 19.1. The van der Waals surface area contributed by atoms with Crippen LogP contribution in [0.3, 0.4) is 0 Å². The van der Waals surface area contributed by atoms with Crippen LogP contribution in [0.5, 0.6) is 0 Å². The maximum atomic E-state index is 14.9. The number of aromatic nitrogens is 4. The van der Waals surface area contributed by atoms with E-state index in [0.717, 1.165) is 36.1 Å². The molecule has 3 unspecified atom stereocenters. The van der Waals surface area contributed by atoms with Crippen molar-refractivity contribution in [2.75, 3.05) is 47.6 Å². The molecule has 3 saturated heterocycles. The van der Waals surface area contributed by atoms with Crippen molar-refractivity contribution in [3.8, 4) is 11.1 Å². The number of esters is 1. The van der Waals surface area contributed by atoms with E-state index in [1.165, 1.54) is 4.68 Å². The Morgan fingerprint density at radius 1 is 1.07 bits per heavy atom. The van der Waals surface area contributed by atoms with E-state index in [4.69, 9.17) is 28.9 Å². The molecule has 0 radical (unpaired) electrons. The molecule has 1 aromatic carbocycles. The number of pyridine rings is 1. The van der Waals surface area contributed by atoms with Crippen molar-refractivity contribution >= 4 is 23.2 Å². The van der Waals surface area contributed by atoms with Crippen LogP contribution >= 0.6 is 0 Å². The number of ketones is 2. The highest BCUT2D eigenvalue weighted by Gasteiger charge is 2.50. The maximum absolute atomic E-state index is 14.9. The van der Waals surface area contributed by atoms with Crippen molar-refractivity contribution < 1.29 is 47.7 Å². The van der Waals surface area contributed by atoms with Crippen LogP contribution in [0.15, 0.2) is 72.3 Å². The van der Waals surface area contributed by atoms with Crippen LogP contribution in [0, 0.1) is 29.1 Å². The van der Waals surface area contributed by atoms with Gasteiger partial charge in [0.05, 0.1) is 35.3 Å². The first kappa shape index (κ1) is 56.5. The fourth-order valence-electron chi connectivity index (χ4n) is 11.1. The number of oxime groups is 1. The molecule has 6 rings (SSSR count). The summed E-state index contributed by atoms with van der Waals surface area (Å²) in [4.78, 5) is 55.7. The summed E-state index contributed by atoms with van der Waals surface area (Å²) in [5, 5.41) is 28.9. The zero-order chi connectivity index (χ0) is 52.5. The second-order valence-corrected chi connectivity index (χ2v) is 21.3. The molecule has 2 aromatic heterocycles. The van der Waals surface area contributed by atoms with E-state index in [-0.39, 0.29) is 30.2 Å². The zero-order valence-corrected chi connectivity index (χ0v) is 44.4. The lowest BCUT2D eigenvalue weighted by atomic mass is 9.67. The molecule has 13 atom stereocenters. The molecule has 0 aliphatic carbocycles. The highest BCUT2D eigenvalue weighted by molar-refractivity contribution is 6.02. The Labute approximate surface area is 425 Å². The second kappa shape index (κ2) is 25.0. The number of halogens is 1. The summed E-state index contributed by atoms with van der Waals surface area (Å²) < 4.78 is 41.3. The van der Waals surface area contributed by atoms with E-state index in [1.807, 2.05) is 89.9 Å². The molecule has 0 saturated carbocycles. The fourth-order valence-corrected chi connectivity index (χ4v) is 11.1. The first-order chi connectivity index (χ1) is 34.3. The number of methoxy groups -OCH3 is 2. The van der Waals surface area contributed by atoms with E-state index in [9.17, 15) is 23.9 Å². The van der Waals surface area contributed by atoms with Crippen molar-refractivity contribution in [2.45, 2.75) is 155 Å². The lowest BCUT2D eigenvalue weighted by Gasteiger charge is -2.45. The summed E-state index contributed by atoms with van der Waals surface area (Å²) in [6.07, 6.45) is 4.66. The summed E-state index contributed by atoms with van der Waals surface area (Å²) in [5.41, 5.74) is 2.05. The molecule has 0 spiro atoms. The van der Waals surface area contributed by atoms with Crippen LogP contribution in [-0.4, -0.2) is 143 Å². The van der Waals surface area contributed by atoms with Gasteiger partial charge in [0.2, 0.25) is 0 Å². The third-order valence-electron chi connectivity index (χ3n) is 15.8. The van der Waals surface area contributed by atoms with Crippen molar-refractivity contribution in [3.63, 3.8) is 0 Å². The molecule has 3 aliphatic rings. The summed E-state index contributed by atoms with van der Waals surface area (Å²) in [6, 6.07) is 10.3. The molecule has 3 aromatic rings. The first-order valence-corrected chi connectivity index (χ1v) is 25.8. The van der Waals surface area contributed by atoms with Crippen molar-refractivity contribution in [2.24, 2.45) is 34.2 Å². The number of likely N-dealkylation sites (N-methyl/N-ethyl adjacent to an activating group) is 1. The van der Waals surface area contributed by atoms with Gasteiger partial charge in [-0.15, -0.1) is 5.10 Å². The van der Waals surface area contributed by atoms with Gasteiger partial charge >= 0.3 is 5.97 Å². The van der Waals surface area contributed by atoms with E-state index in [0.29, 0.717) is 55.8 Å². The summed E-state index contributed by atoms with van der Waals surface area (Å²) in [6.45, 7) is 20.3. The molecule has 72 heavy (non-hydrogen) atoms. The van der Waals surface area contributed by atoms with Gasteiger partial charge in [0, 0.05) is 75.5 Å². The van der Waals surface area contributed by atoms with Gasteiger partial charge in [0.1, 0.15) is 48.8 Å². The Bertz CT molecular complexity index is 2310. The topological polar surface area (TPSA) is 189 Å². The first-order valence-electron chi connectivity index (χ1n) is 25.8. The van der Waals surface area contributed by atoms with Crippen LogP contribution in [0.1, 0.15) is 117 Å². The smallest absolute Gasteiger partial charge is 0.316 e. The molecule has 5 heterocycles. The third kappa shape index (κ3) is 12.9. The van der Waals surface area contributed by atoms with Gasteiger partial charge in [-0.2, -0.15) is 0 Å². The number of ether oxygens (including phenoxy) is 4. The summed E-state index contributed by atoms with van der Waals surface area (Å²) >= 11 is 0. The molecule has 0 bridgehead atoms. The number of carbonyl (C=O) groups excluding carboxylic acids is 3. The minimum Gasteiger partial charge on any atom is -0.461 e. The van der Waals surface area contributed by atoms with Crippen molar-refractivity contribution in [1.29, 1.82) is 0 Å². The normalized spacial score (nSPS) is 31.5. The average Bonchev–Trinajstić information content (AvgIpc) is 3.86. The largest absolute Gasteiger partial charge is 0.461 e. The second-order valence-electron chi connectivity index (χ2n) is 21.3. The van der Waals surface area contributed by atoms with Crippen LogP contribution in [0.4, 0.5) is 4.39 Å². The minimum atomic E-state index is -1.19. The van der Waals surface area contributed by atoms with E-state index in [1.54, 1.807) is 46.7 Å². The number of rotatable bonds is 16.